The van der Waals surface area contributed by atoms with Gasteiger partial charge in [0.15, 0.2) is 0 Å². The van der Waals surface area contributed by atoms with Crippen LogP contribution in [0.15, 0.2) is 60.7 Å². The van der Waals surface area contributed by atoms with Crippen molar-refractivity contribution in [1.82, 2.24) is 9.97 Å². The van der Waals surface area contributed by atoms with Gasteiger partial charge >= 0.3 is 0 Å². The lowest BCUT2D eigenvalue weighted by molar-refractivity contribution is -0.114. The van der Waals surface area contributed by atoms with Gasteiger partial charge in [-0.1, -0.05) is 43.3 Å². The molecular weight excluding hydrogens is 338 g/mol. The van der Waals surface area contributed by atoms with Crippen molar-refractivity contribution in [2.45, 2.75) is 20.3 Å². The van der Waals surface area contributed by atoms with E-state index in [9.17, 15) is 4.79 Å². The van der Waals surface area contributed by atoms with Crippen molar-refractivity contribution in [3.8, 4) is 11.3 Å². The first-order valence-corrected chi connectivity index (χ1v) is 8.97. The second-order valence-corrected chi connectivity index (χ2v) is 6.14. The maximum absolute atomic E-state index is 11.3. The number of rotatable bonds is 7. The van der Waals surface area contributed by atoms with E-state index >= 15 is 0 Å². The number of carbonyl (C=O) groups is 1. The van der Waals surface area contributed by atoms with Crippen LogP contribution in [0.25, 0.3) is 11.3 Å². The summed E-state index contributed by atoms with van der Waals surface area (Å²) >= 11 is 0. The molecule has 0 fully saturated rings. The fourth-order valence-corrected chi connectivity index (χ4v) is 2.61. The molecular formula is C21H23N5O. The minimum Gasteiger partial charge on any atom is -0.354 e. The fraction of sp³-hybridized carbons (Fsp3) is 0.190. The van der Waals surface area contributed by atoms with Crippen LogP contribution in [0.1, 0.15) is 20.3 Å². The van der Waals surface area contributed by atoms with E-state index in [0.717, 1.165) is 35.6 Å². The van der Waals surface area contributed by atoms with Gasteiger partial charge in [-0.3, -0.25) is 4.79 Å². The highest BCUT2D eigenvalue weighted by Crippen LogP contribution is 2.24. The van der Waals surface area contributed by atoms with Crippen LogP contribution in [0.4, 0.5) is 23.1 Å². The number of hydrogen-bond donors (Lipinski definition) is 3. The Morgan fingerprint density at radius 3 is 2.48 bits per heavy atom. The molecule has 3 aromatic rings. The number of amides is 1. The predicted molar refractivity (Wildman–Crippen MR) is 110 cm³/mol. The molecule has 3 rings (SSSR count). The molecule has 0 aliphatic carbocycles. The van der Waals surface area contributed by atoms with Crippen LogP contribution >= 0.6 is 0 Å². The Kier molecular flexibility index (Phi) is 5.99. The molecule has 27 heavy (non-hydrogen) atoms. The van der Waals surface area contributed by atoms with E-state index in [2.05, 4.69) is 32.8 Å². The first-order valence-electron chi connectivity index (χ1n) is 8.97. The summed E-state index contributed by atoms with van der Waals surface area (Å²) in [7, 11) is 0. The van der Waals surface area contributed by atoms with Gasteiger partial charge in [0.1, 0.15) is 5.82 Å². The third-order valence-corrected chi connectivity index (χ3v) is 3.78. The molecule has 0 saturated carbocycles. The molecule has 0 unspecified atom stereocenters. The smallest absolute Gasteiger partial charge is 0.225 e. The van der Waals surface area contributed by atoms with Crippen molar-refractivity contribution >= 4 is 29.0 Å². The highest BCUT2D eigenvalue weighted by molar-refractivity contribution is 5.89. The summed E-state index contributed by atoms with van der Waals surface area (Å²) in [6.07, 6.45) is 0.987. The zero-order chi connectivity index (χ0) is 19.1. The summed E-state index contributed by atoms with van der Waals surface area (Å²) in [4.78, 5) is 20.5. The number of carbonyl (C=O) groups excluding carboxylic acids is 1. The summed E-state index contributed by atoms with van der Waals surface area (Å²) in [6.45, 7) is 4.39. The molecule has 0 saturated heterocycles. The summed E-state index contributed by atoms with van der Waals surface area (Å²) in [5.41, 5.74) is 3.42. The second-order valence-electron chi connectivity index (χ2n) is 6.14. The number of nitrogens with zero attached hydrogens (tertiary/aromatic N) is 2. The van der Waals surface area contributed by atoms with Gasteiger partial charge in [0, 0.05) is 36.5 Å². The zero-order valence-corrected chi connectivity index (χ0v) is 15.5. The van der Waals surface area contributed by atoms with Crippen LogP contribution in [0.3, 0.4) is 0 Å². The van der Waals surface area contributed by atoms with Gasteiger partial charge in [-0.15, -0.1) is 0 Å². The van der Waals surface area contributed by atoms with Gasteiger partial charge in [0.25, 0.3) is 0 Å². The van der Waals surface area contributed by atoms with Crippen molar-refractivity contribution in [3.63, 3.8) is 0 Å². The topological polar surface area (TPSA) is 78.9 Å². The lowest BCUT2D eigenvalue weighted by atomic mass is 10.1. The average molecular weight is 361 g/mol. The van der Waals surface area contributed by atoms with Crippen molar-refractivity contribution in [2.24, 2.45) is 0 Å². The molecule has 1 amide bonds. The summed E-state index contributed by atoms with van der Waals surface area (Å²) in [5, 5.41) is 9.33. The summed E-state index contributed by atoms with van der Waals surface area (Å²) < 4.78 is 0. The lowest BCUT2D eigenvalue weighted by Crippen LogP contribution is -2.07. The standard InChI is InChI=1S/C21H23N5O/c1-3-12-22-21-25-19(16-8-5-4-6-9-16)14-20(26-21)24-18-11-7-10-17(13-18)23-15(2)27/h4-11,13-14H,3,12H2,1-2H3,(H,23,27)(H2,22,24,25,26). The first-order chi connectivity index (χ1) is 13.1. The van der Waals surface area contributed by atoms with E-state index in [-0.39, 0.29) is 5.91 Å². The van der Waals surface area contributed by atoms with E-state index in [1.165, 1.54) is 6.92 Å². The minimum atomic E-state index is -0.105. The Bertz CT molecular complexity index is 911. The highest BCUT2D eigenvalue weighted by Gasteiger charge is 2.07. The maximum atomic E-state index is 11.3. The largest absolute Gasteiger partial charge is 0.354 e. The van der Waals surface area contributed by atoms with E-state index in [1.807, 2.05) is 60.7 Å². The van der Waals surface area contributed by atoms with Crippen LogP contribution < -0.4 is 16.0 Å². The number of anilines is 4. The first kappa shape index (κ1) is 18.4. The fourth-order valence-electron chi connectivity index (χ4n) is 2.61. The van der Waals surface area contributed by atoms with Crippen LogP contribution in [-0.2, 0) is 4.79 Å². The molecule has 2 aromatic carbocycles. The second kappa shape index (κ2) is 8.80. The molecule has 0 bridgehead atoms. The molecule has 1 heterocycles. The molecule has 6 nitrogen and oxygen atoms in total. The van der Waals surface area contributed by atoms with Crippen LogP contribution in [0, 0.1) is 0 Å². The molecule has 0 spiro atoms. The molecule has 1 aromatic heterocycles. The van der Waals surface area contributed by atoms with Crippen LogP contribution in [0.5, 0.6) is 0 Å². The molecule has 0 radical (unpaired) electrons. The molecule has 3 N–H and O–H groups in total. The number of benzene rings is 2. The molecule has 0 atom stereocenters. The average Bonchev–Trinajstić information content (AvgIpc) is 2.67. The Hall–Kier alpha value is -3.41. The lowest BCUT2D eigenvalue weighted by Gasteiger charge is -2.12. The number of nitrogens with one attached hydrogen (secondary N) is 3. The molecule has 0 aliphatic rings. The predicted octanol–water partition coefficient (Wildman–Crippen LogP) is 4.67. The molecule has 0 aliphatic heterocycles. The Morgan fingerprint density at radius 2 is 1.74 bits per heavy atom. The van der Waals surface area contributed by atoms with Gasteiger partial charge in [-0.25, -0.2) is 4.98 Å². The van der Waals surface area contributed by atoms with Crippen LogP contribution in [-0.4, -0.2) is 22.4 Å². The van der Waals surface area contributed by atoms with Gasteiger partial charge in [-0.05, 0) is 24.6 Å². The monoisotopic (exact) mass is 361 g/mol. The van der Waals surface area contributed by atoms with Crippen molar-refractivity contribution in [3.05, 3.63) is 60.7 Å². The van der Waals surface area contributed by atoms with E-state index in [1.54, 1.807) is 0 Å². The maximum Gasteiger partial charge on any atom is 0.225 e. The van der Waals surface area contributed by atoms with Gasteiger partial charge in [0.2, 0.25) is 11.9 Å². The van der Waals surface area contributed by atoms with Crippen LogP contribution in [0.2, 0.25) is 0 Å². The summed E-state index contributed by atoms with van der Waals surface area (Å²) in [6, 6.07) is 19.4. The van der Waals surface area contributed by atoms with Gasteiger partial charge < -0.3 is 16.0 Å². The van der Waals surface area contributed by atoms with Gasteiger partial charge in [-0.2, -0.15) is 4.98 Å². The van der Waals surface area contributed by atoms with Gasteiger partial charge in [0.05, 0.1) is 5.69 Å². The highest BCUT2D eigenvalue weighted by atomic mass is 16.1. The third kappa shape index (κ3) is 5.28. The molecule has 6 heteroatoms. The van der Waals surface area contributed by atoms with E-state index in [4.69, 9.17) is 0 Å². The Labute approximate surface area is 159 Å². The number of hydrogen-bond acceptors (Lipinski definition) is 5. The number of aromatic nitrogens is 2. The third-order valence-electron chi connectivity index (χ3n) is 3.78. The molecule has 138 valence electrons. The normalized spacial score (nSPS) is 10.3. The minimum absolute atomic E-state index is 0.105. The SMILES string of the molecule is CCCNc1nc(Nc2cccc(NC(C)=O)c2)cc(-c2ccccc2)n1. The van der Waals surface area contributed by atoms with Crippen molar-refractivity contribution < 1.29 is 4.79 Å². The van der Waals surface area contributed by atoms with Crippen molar-refractivity contribution in [2.75, 3.05) is 22.5 Å². The van der Waals surface area contributed by atoms with E-state index < -0.39 is 0 Å². The quantitative estimate of drug-likeness (QED) is 0.570. The Morgan fingerprint density at radius 1 is 0.963 bits per heavy atom. The van der Waals surface area contributed by atoms with E-state index in [0.29, 0.717) is 11.8 Å². The Balaban J connectivity index is 1.91. The van der Waals surface area contributed by atoms with Crippen molar-refractivity contribution in [1.29, 1.82) is 0 Å². The summed E-state index contributed by atoms with van der Waals surface area (Å²) in [5.74, 6) is 1.16. The zero-order valence-electron chi connectivity index (χ0n) is 15.5.